The van der Waals surface area contributed by atoms with Gasteiger partial charge in [-0.15, -0.1) is 0 Å². The van der Waals surface area contributed by atoms with Gasteiger partial charge in [-0.1, -0.05) is 0 Å². The van der Waals surface area contributed by atoms with Crippen LogP contribution in [0.1, 0.15) is 12.8 Å². The normalized spacial score (nSPS) is 16.7. The first-order valence-corrected chi connectivity index (χ1v) is 12.3. The minimum atomic E-state index is -0.999. The summed E-state index contributed by atoms with van der Waals surface area (Å²) in [6.45, 7) is 4.39. The van der Waals surface area contributed by atoms with Crippen LogP contribution in [0.2, 0.25) is 0 Å². The molecule has 0 unspecified atom stereocenters. The molecule has 3 aromatic rings. The van der Waals surface area contributed by atoms with E-state index in [1.54, 1.807) is 42.6 Å². The van der Waals surface area contributed by atoms with Crippen molar-refractivity contribution >= 4 is 28.4 Å². The largest absolute Gasteiger partial charge is 0.504 e. The second kappa shape index (κ2) is 10.6. The van der Waals surface area contributed by atoms with Crippen LogP contribution in [0.5, 0.6) is 23.0 Å². The lowest BCUT2D eigenvalue weighted by Crippen LogP contribution is -2.45. The molecule has 37 heavy (non-hydrogen) atoms. The third-order valence-electron chi connectivity index (χ3n) is 6.78. The number of fused-ring (bicyclic) bond motifs is 1. The van der Waals surface area contributed by atoms with Gasteiger partial charge >= 0.3 is 0 Å². The van der Waals surface area contributed by atoms with Gasteiger partial charge in [-0.2, -0.15) is 0 Å². The van der Waals surface area contributed by atoms with Gasteiger partial charge in [0.05, 0.1) is 25.8 Å². The van der Waals surface area contributed by atoms with E-state index in [2.05, 4.69) is 20.5 Å². The summed E-state index contributed by atoms with van der Waals surface area (Å²) in [6, 6.07) is 11.9. The number of hydrogen-bond acceptors (Lipinski definition) is 8. The zero-order chi connectivity index (χ0) is 25.8. The highest BCUT2D eigenvalue weighted by atomic mass is 16.5. The summed E-state index contributed by atoms with van der Waals surface area (Å²) in [5, 5.41) is 16.5. The molecule has 0 atom stereocenters. The molecule has 0 bridgehead atoms. The Bertz CT molecular complexity index is 1290. The summed E-state index contributed by atoms with van der Waals surface area (Å²) < 4.78 is 16.6. The number of benzene rings is 2. The summed E-state index contributed by atoms with van der Waals surface area (Å²) in [6.07, 6.45) is 2.67. The van der Waals surface area contributed by atoms with Crippen molar-refractivity contribution in [3.8, 4) is 23.0 Å². The number of phenolic OH excluding ortho intramolecular Hbond substituents is 1. The van der Waals surface area contributed by atoms with Crippen LogP contribution in [0, 0.1) is 5.41 Å². The molecule has 2 amide bonds. The molecule has 194 valence electrons. The standard InChI is InChI=1S/C27H30N4O6/c1-35-24-16-20-21(17-22(24)32)28-9-6-23(20)37-19-4-2-18(3-5-19)30-26(34)27(7-8-27)25(33)29-10-11-31-12-14-36-15-13-31/h2-6,9,16-17,32H,7-8,10-15H2,1H3,(H,29,33)(H,30,34). The van der Waals surface area contributed by atoms with Crippen molar-refractivity contribution in [2.24, 2.45) is 5.41 Å². The summed E-state index contributed by atoms with van der Waals surface area (Å²) in [4.78, 5) is 32.2. The zero-order valence-corrected chi connectivity index (χ0v) is 20.7. The van der Waals surface area contributed by atoms with E-state index in [0.29, 0.717) is 66.4 Å². The van der Waals surface area contributed by atoms with Gasteiger partial charge in [-0.05, 0) is 49.2 Å². The number of morpholine rings is 1. The molecule has 2 aromatic carbocycles. The number of carbonyl (C=O) groups excluding carboxylic acids is 2. The maximum Gasteiger partial charge on any atom is 0.240 e. The monoisotopic (exact) mass is 506 g/mol. The number of rotatable bonds is 9. The third-order valence-corrected chi connectivity index (χ3v) is 6.78. The lowest BCUT2D eigenvalue weighted by molar-refractivity contribution is -0.134. The van der Waals surface area contributed by atoms with Crippen molar-refractivity contribution in [2.75, 3.05) is 51.8 Å². The number of nitrogens with one attached hydrogen (secondary N) is 2. The highest BCUT2D eigenvalue weighted by molar-refractivity contribution is 6.13. The smallest absolute Gasteiger partial charge is 0.240 e. The van der Waals surface area contributed by atoms with Gasteiger partial charge in [0.25, 0.3) is 0 Å². The summed E-state index contributed by atoms with van der Waals surface area (Å²) in [5.41, 5.74) is 0.148. The van der Waals surface area contributed by atoms with E-state index in [1.807, 2.05) is 0 Å². The molecule has 1 saturated heterocycles. The van der Waals surface area contributed by atoms with Gasteiger partial charge in [0.2, 0.25) is 11.8 Å². The van der Waals surface area contributed by atoms with Crippen molar-refractivity contribution in [3.05, 3.63) is 48.7 Å². The molecular formula is C27H30N4O6. The molecule has 10 nitrogen and oxygen atoms in total. The Hall–Kier alpha value is -3.89. The maximum absolute atomic E-state index is 12.9. The molecule has 1 aliphatic carbocycles. The first kappa shape index (κ1) is 24.8. The Morgan fingerprint density at radius 3 is 2.54 bits per heavy atom. The van der Waals surface area contributed by atoms with E-state index in [1.165, 1.54) is 13.2 Å². The number of aromatic hydroxyl groups is 1. The molecule has 5 rings (SSSR count). The van der Waals surface area contributed by atoms with Crippen LogP contribution in [0.4, 0.5) is 5.69 Å². The van der Waals surface area contributed by atoms with Gasteiger partial charge < -0.3 is 30.0 Å². The van der Waals surface area contributed by atoms with E-state index >= 15 is 0 Å². The van der Waals surface area contributed by atoms with Crippen LogP contribution in [0.25, 0.3) is 10.9 Å². The lowest BCUT2D eigenvalue weighted by Gasteiger charge is -2.26. The fraction of sp³-hybridized carbons (Fsp3) is 0.370. The topological polar surface area (TPSA) is 122 Å². The van der Waals surface area contributed by atoms with Crippen LogP contribution in [-0.2, 0) is 14.3 Å². The van der Waals surface area contributed by atoms with Crippen molar-refractivity contribution in [3.63, 3.8) is 0 Å². The van der Waals surface area contributed by atoms with Gasteiger partial charge in [0.15, 0.2) is 11.5 Å². The van der Waals surface area contributed by atoms with E-state index in [0.717, 1.165) is 19.6 Å². The number of nitrogens with zero attached hydrogens (tertiary/aromatic N) is 2. The van der Waals surface area contributed by atoms with Crippen molar-refractivity contribution in [2.45, 2.75) is 12.8 Å². The van der Waals surface area contributed by atoms with Gasteiger partial charge in [0.1, 0.15) is 16.9 Å². The van der Waals surface area contributed by atoms with E-state index in [9.17, 15) is 14.7 Å². The van der Waals surface area contributed by atoms with Crippen LogP contribution >= 0.6 is 0 Å². The van der Waals surface area contributed by atoms with Crippen molar-refractivity contribution < 1.29 is 28.9 Å². The number of aromatic nitrogens is 1. The number of methoxy groups -OCH3 is 1. The lowest BCUT2D eigenvalue weighted by atomic mass is 10.0. The number of amides is 2. The van der Waals surface area contributed by atoms with Gasteiger partial charge in [0, 0.05) is 49.5 Å². The molecule has 10 heteroatoms. The molecule has 2 heterocycles. The number of hydrogen-bond donors (Lipinski definition) is 3. The fourth-order valence-electron chi connectivity index (χ4n) is 4.38. The zero-order valence-electron chi connectivity index (χ0n) is 20.7. The van der Waals surface area contributed by atoms with Crippen LogP contribution in [-0.4, -0.2) is 73.3 Å². The molecule has 0 spiro atoms. The first-order chi connectivity index (χ1) is 18.0. The minimum Gasteiger partial charge on any atom is -0.504 e. The van der Waals surface area contributed by atoms with Crippen molar-refractivity contribution in [1.29, 1.82) is 0 Å². The van der Waals surface area contributed by atoms with Gasteiger partial charge in [-0.3, -0.25) is 19.5 Å². The van der Waals surface area contributed by atoms with Gasteiger partial charge in [-0.25, -0.2) is 0 Å². The Balaban J connectivity index is 1.19. The predicted octanol–water partition coefficient (Wildman–Crippen LogP) is 2.91. The van der Waals surface area contributed by atoms with E-state index < -0.39 is 5.41 Å². The highest BCUT2D eigenvalue weighted by Gasteiger charge is 2.56. The summed E-state index contributed by atoms with van der Waals surface area (Å²) in [7, 11) is 1.48. The number of carbonyl (C=O) groups is 2. The predicted molar refractivity (Wildman–Crippen MR) is 137 cm³/mol. The first-order valence-electron chi connectivity index (χ1n) is 12.3. The third kappa shape index (κ3) is 5.45. The van der Waals surface area contributed by atoms with Crippen LogP contribution < -0.4 is 20.1 Å². The highest BCUT2D eigenvalue weighted by Crippen LogP contribution is 2.47. The molecule has 1 aromatic heterocycles. The quantitative estimate of drug-likeness (QED) is 0.379. The Morgan fingerprint density at radius 2 is 1.84 bits per heavy atom. The molecule has 0 radical (unpaired) electrons. The average Bonchev–Trinajstić information content (AvgIpc) is 3.73. The Morgan fingerprint density at radius 1 is 1.08 bits per heavy atom. The second-order valence-electron chi connectivity index (χ2n) is 9.22. The minimum absolute atomic E-state index is 0.000961. The maximum atomic E-state index is 12.9. The number of phenols is 1. The second-order valence-corrected chi connectivity index (χ2v) is 9.22. The number of pyridine rings is 1. The summed E-state index contributed by atoms with van der Waals surface area (Å²) in [5.74, 6) is 0.910. The number of anilines is 1. The molecule has 3 N–H and O–H groups in total. The Labute approximate surface area is 214 Å². The average molecular weight is 507 g/mol. The van der Waals surface area contributed by atoms with Crippen LogP contribution in [0.15, 0.2) is 48.7 Å². The fourth-order valence-corrected chi connectivity index (χ4v) is 4.38. The Kier molecular flexibility index (Phi) is 7.11. The molecule has 1 saturated carbocycles. The van der Waals surface area contributed by atoms with E-state index in [4.69, 9.17) is 14.2 Å². The SMILES string of the molecule is COc1cc2c(Oc3ccc(NC(=O)C4(C(=O)NCCN5CCOCC5)CC4)cc3)ccnc2cc1O. The molecule has 2 aliphatic rings. The van der Waals surface area contributed by atoms with Crippen LogP contribution in [0.3, 0.4) is 0 Å². The summed E-state index contributed by atoms with van der Waals surface area (Å²) >= 11 is 0. The number of ether oxygens (including phenoxy) is 3. The van der Waals surface area contributed by atoms with E-state index in [-0.39, 0.29) is 17.6 Å². The van der Waals surface area contributed by atoms with Crippen molar-refractivity contribution in [1.82, 2.24) is 15.2 Å². The molecule has 1 aliphatic heterocycles. The molecule has 2 fully saturated rings. The molecular weight excluding hydrogens is 476 g/mol.